The van der Waals surface area contributed by atoms with Crippen LogP contribution in [-0.4, -0.2) is 58.3 Å². The van der Waals surface area contributed by atoms with Gasteiger partial charge in [0.1, 0.15) is 11.6 Å². The molecule has 1 aromatic carbocycles. The van der Waals surface area contributed by atoms with Crippen LogP contribution in [0.2, 0.25) is 0 Å². The van der Waals surface area contributed by atoms with Gasteiger partial charge in [0, 0.05) is 45.1 Å². The monoisotopic (exact) mass is 449 g/mol. The summed E-state index contributed by atoms with van der Waals surface area (Å²) in [7, 11) is 1.88. The van der Waals surface area contributed by atoms with Crippen molar-refractivity contribution in [3.63, 3.8) is 0 Å². The van der Waals surface area contributed by atoms with Gasteiger partial charge in [-0.25, -0.2) is 9.97 Å². The van der Waals surface area contributed by atoms with E-state index in [9.17, 15) is 9.59 Å². The summed E-state index contributed by atoms with van der Waals surface area (Å²) < 4.78 is 0. The highest BCUT2D eigenvalue weighted by Gasteiger charge is 2.36. The van der Waals surface area contributed by atoms with Gasteiger partial charge in [0.25, 0.3) is 0 Å². The van der Waals surface area contributed by atoms with Crippen LogP contribution in [0, 0.1) is 6.92 Å². The Morgan fingerprint density at radius 1 is 1.09 bits per heavy atom. The molecule has 1 aromatic heterocycles. The molecular weight excluding hydrogens is 414 g/mol. The molecule has 7 heteroatoms. The van der Waals surface area contributed by atoms with Gasteiger partial charge < -0.3 is 15.1 Å². The molecule has 0 bridgehead atoms. The standard InChI is InChI=1S/C26H35N5O2/c1-17-8-10-20(11-9-17)26(3,4)25(33)31-14-12-21-22(16-31)28-23(29-24(21)27-5)19-7-6-13-30(15-19)18(2)32/h8-11,19H,6-7,12-16H2,1-5H3,(H,27,28,29)/t19-/m0/s1. The SMILES string of the molecule is CNc1nc([C@H]2CCCN(C(C)=O)C2)nc2c1CCN(C(=O)C(C)(C)c1ccc(C)cc1)C2. The molecule has 1 saturated heterocycles. The van der Waals surface area contributed by atoms with E-state index >= 15 is 0 Å². The van der Waals surface area contributed by atoms with E-state index in [4.69, 9.17) is 9.97 Å². The largest absolute Gasteiger partial charge is 0.373 e. The number of piperidine rings is 1. The topological polar surface area (TPSA) is 78.4 Å². The number of carbonyl (C=O) groups excluding carboxylic acids is 2. The molecule has 2 amide bonds. The third kappa shape index (κ3) is 4.59. The number of aryl methyl sites for hydroxylation is 1. The molecule has 2 aromatic rings. The van der Waals surface area contributed by atoms with Gasteiger partial charge >= 0.3 is 0 Å². The van der Waals surface area contributed by atoms with Gasteiger partial charge in [0.15, 0.2) is 0 Å². The summed E-state index contributed by atoms with van der Waals surface area (Å²) in [5.41, 5.74) is 3.61. The number of likely N-dealkylation sites (tertiary alicyclic amines) is 1. The first-order valence-electron chi connectivity index (χ1n) is 11.9. The molecule has 0 unspecified atom stereocenters. The molecule has 4 rings (SSSR count). The molecule has 33 heavy (non-hydrogen) atoms. The Morgan fingerprint density at radius 3 is 2.48 bits per heavy atom. The van der Waals surface area contributed by atoms with Crippen molar-refractivity contribution in [2.24, 2.45) is 0 Å². The van der Waals surface area contributed by atoms with E-state index in [2.05, 4.69) is 24.4 Å². The summed E-state index contributed by atoms with van der Waals surface area (Å²) in [6.45, 7) is 10.3. The average Bonchev–Trinajstić information content (AvgIpc) is 2.82. The van der Waals surface area contributed by atoms with Gasteiger partial charge in [-0.1, -0.05) is 29.8 Å². The minimum absolute atomic E-state index is 0.0987. The van der Waals surface area contributed by atoms with Crippen molar-refractivity contribution in [3.8, 4) is 0 Å². The normalized spacial score (nSPS) is 18.6. The van der Waals surface area contributed by atoms with Crippen LogP contribution < -0.4 is 5.32 Å². The molecule has 0 aliphatic carbocycles. The third-order valence-electron chi connectivity index (χ3n) is 7.15. The van der Waals surface area contributed by atoms with Crippen molar-refractivity contribution in [3.05, 3.63) is 52.5 Å². The minimum atomic E-state index is -0.613. The number of amides is 2. The maximum Gasteiger partial charge on any atom is 0.233 e. The van der Waals surface area contributed by atoms with Crippen LogP contribution in [0.4, 0.5) is 5.82 Å². The quantitative estimate of drug-likeness (QED) is 0.774. The highest BCUT2D eigenvalue weighted by atomic mass is 16.2. The molecule has 0 spiro atoms. The third-order valence-corrected chi connectivity index (χ3v) is 7.15. The number of fused-ring (bicyclic) bond motifs is 1. The summed E-state index contributed by atoms with van der Waals surface area (Å²) in [4.78, 5) is 39.1. The summed E-state index contributed by atoms with van der Waals surface area (Å²) in [6, 6.07) is 8.22. The van der Waals surface area contributed by atoms with Crippen LogP contribution >= 0.6 is 0 Å². The number of nitrogens with zero attached hydrogens (tertiary/aromatic N) is 4. The molecule has 3 heterocycles. The van der Waals surface area contributed by atoms with Crippen LogP contribution in [0.3, 0.4) is 0 Å². The molecule has 1 fully saturated rings. The van der Waals surface area contributed by atoms with E-state index in [0.717, 1.165) is 54.3 Å². The molecule has 0 saturated carbocycles. The molecule has 2 aliphatic heterocycles. The number of benzene rings is 1. The first-order chi connectivity index (χ1) is 15.7. The fourth-order valence-electron chi connectivity index (χ4n) is 4.98. The fourth-order valence-corrected chi connectivity index (χ4v) is 4.98. The van der Waals surface area contributed by atoms with Crippen LogP contribution in [0.25, 0.3) is 0 Å². The Labute approximate surface area is 196 Å². The first kappa shape index (κ1) is 23.2. The molecule has 7 nitrogen and oxygen atoms in total. The molecule has 0 radical (unpaired) electrons. The lowest BCUT2D eigenvalue weighted by Crippen LogP contribution is -2.46. The number of anilines is 1. The predicted octanol–water partition coefficient (Wildman–Crippen LogP) is 3.42. The van der Waals surface area contributed by atoms with Crippen LogP contribution in [0.15, 0.2) is 24.3 Å². The maximum absolute atomic E-state index is 13.6. The Hall–Kier alpha value is -2.96. The molecule has 1 N–H and O–H groups in total. The molecule has 1 atom stereocenters. The van der Waals surface area contributed by atoms with Crippen molar-refractivity contribution < 1.29 is 9.59 Å². The second-order valence-electron chi connectivity index (χ2n) is 9.88. The number of carbonyl (C=O) groups is 2. The lowest BCUT2D eigenvalue weighted by Gasteiger charge is -2.36. The van der Waals surface area contributed by atoms with E-state index in [1.807, 2.05) is 42.8 Å². The summed E-state index contributed by atoms with van der Waals surface area (Å²) in [5, 5.41) is 3.24. The van der Waals surface area contributed by atoms with E-state index < -0.39 is 5.41 Å². The van der Waals surface area contributed by atoms with Gasteiger partial charge in [-0.15, -0.1) is 0 Å². The smallest absolute Gasteiger partial charge is 0.233 e. The number of aromatic nitrogens is 2. The van der Waals surface area contributed by atoms with E-state index in [1.165, 1.54) is 5.56 Å². The maximum atomic E-state index is 13.6. The fraction of sp³-hybridized carbons (Fsp3) is 0.538. The Bertz CT molecular complexity index is 1050. The van der Waals surface area contributed by atoms with Gasteiger partial charge in [-0.2, -0.15) is 0 Å². The van der Waals surface area contributed by atoms with Crippen LogP contribution in [0.5, 0.6) is 0 Å². The number of nitrogens with one attached hydrogen (secondary N) is 1. The Balaban J connectivity index is 1.59. The highest BCUT2D eigenvalue weighted by Crippen LogP contribution is 2.32. The van der Waals surface area contributed by atoms with E-state index in [-0.39, 0.29) is 17.7 Å². The van der Waals surface area contributed by atoms with Crippen molar-refractivity contribution in [1.82, 2.24) is 19.8 Å². The second kappa shape index (κ2) is 9.12. The second-order valence-corrected chi connectivity index (χ2v) is 9.88. The first-order valence-corrected chi connectivity index (χ1v) is 11.9. The summed E-state index contributed by atoms with van der Waals surface area (Å²) in [5.74, 6) is 1.95. The van der Waals surface area contributed by atoms with Crippen molar-refractivity contribution in [2.75, 3.05) is 32.0 Å². The Morgan fingerprint density at radius 2 is 1.82 bits per heavy atom. The molecule has 176 valence electrons. The van der Waals surface area contributed by atoms with Gasteiger partial charge in [0.2, 0.25) is 11.8 Å². The minimum Gasteiger partial charge on any atom is -0.373 e. The summed E-state index contributed by atoms with van der Waals surface area (Å²) >= 11 is 0. The van der Waals surface area contributed by atoms with Gasteiger partial charge in [0.05, 0.1) is 17.7 Å². The average molecular weight is 450 g/mol. The lowest BCUT2D eigenvalue weighted by molar-refractivity contribution is -0.137. The van der Waals surface area contributed by atoms with Crippen molar-refractivity contribution in [2.45, 2.75) is 64.8 Å². The summed E-state index contributed by atoms with van der Waals surface area (Å²) in [6.07, 6.45) is 2.65. The zero-order valence-corrected chi connectivity index (χ0v) is 20.4. The number of rotatable bonds is 4. The van der Waals surface area contributed by atoms with Crippen LogP contribution in [-0.2, 0) is 28.0 Å². The zero-order valence-electron chi connectivity index (χ0n) is 20.4. The molecule has 2 aliphatic rings. The zero-order chi connectivity index (χ0) is 23.8. The van der Waals surface area contributed by atoms with Gasteiger partial charge in [-0.3, -0.25) is 9.59 Å². The van der Waals surface area contributed by atoms with Crippen molar-refractivity contribution in [1.29, 1.82) is 0 Å². The predicted molar refractivity (Wildman–Crippen MR) is 129 cm³/mol. The molecular formula is C26H35N5O2. The highest BCUT2D eigenvalue weighted by molar-refractivity contribution is 5.87. The lowest BCUT2D eigenvalue weighted by atomic mass is 9.82. The number of hydrogen-bond acceptors (Lipinski definition) is 5. The van der Waals surface area contributed by atoms with Crippen LogP contribution in [0.1, 0.15) is 67.7 Å². The van der Waals surface area contributed by atoms with E-state index in [0.29, 0.717) is 19.6 Å². The van der Waals surface area contributed by atoms with Crippen molar-refractivity contribution >= 4 is 17.6 Å². The van der Waals surface area contributed by atoms with Gasteiger partial charge in [-0.05, 0) is 45.6 Å². The van der Waals surface area contributed by atoms with E-state index in [1.54, 1.807) is 6.92 Å². The Kier molecular flexibility index (Phi) is 6.41. The number of hydrogen-bond donors (Lipinski definition) is 1.